The number of carbonyl (C=O) groups excluding carboxylic acids is 1. The van der Waals surface area contributed by atoms with Gasteiger partial charge in [0.1, 0.15) is 10.8 Å². The van der Waals surface area contributed by atoms with Gasteiger partial charge in [-0.3, -0.25) is 9.78 Å². The van der Waals surface area contributed by atoms with E-state index in [1.807, 2.05) is 37.4 Å². The van der Waals surface area contributed by atoms with E-state index in [0.29, 0.717) is 18.7 Å². The van der Waals surface area contributed by atoms with E-state index >= 15 is 0 Å². The van der Waals surface area contributed by atoms with Crippen LogP contribution in [0.5, 0.6) is 0 Å². The third kappa shape index (κ3) is 5.36. The normalized spacial score (nSPS) is 13.6. The van der Waals surface area contributed by atoms with Crippen molar-refractivity contribution in [2.24, 2.45) is 0 Å². The molecule has 1 N–H and O–H groups in total. The molecule has 1 aliphatic rings. The summed E-state index contributed by atoms with van der Waals surface area (Å²) in [6.07, 6.45) is 12.5. The first-order valence-corrected chi connectivity index (χ1v) is 13.6. The highest BCUT2D eigenvalue weighted by molar-refractivity contribution is 7.13. The van der Waals surface area contributed by atoms with Crippen LogP contribution >= 0.6 is 11.3 Å². The van der Waals surface area contributed by atoms with E-state index in [9.17, 15) is 4.79 Å². The highest BCUT2D eigenvalue weighted by atomic mass is 32.1. The molecule has 7 heteroatoms. The molecule has 6 nitrogen and oxygen atoms in total. The predicted molar refractivity (Wildman–Crippen MR) is 144 cm³/mol. The Bertz CT molecular complexity index is 1360. The summed E-state index contributed by atoms with van der Waals surface area (Å²) in [7, 11) is 0. The summed E-state index contributed by atoms with van der Waals surface area (Å²) in [6, 6.07) is 9.90. The molecular weight excluding hydrogens is 468 g/mol. The zero-order valence-corrected chi connectivity index (χ0v) is 21.7. The van der Waals surface area contributed by atoms with Gasteiger partial charge in [0.25, 0.3) is 5.91 Å². The van der Waals surface area contributed by atoms with Gasteiger partial charge in [-0.25, -0.2) is 4.98 Å². The van der Waals surface area contributed by atoms with E-state index in [1.165, 1.54) is 18.4 Å². The first-order valence-electron chi connectivity index (χ1n) is 12.7. The molecule has 5 rings (SSSR count). The van der Waals surface area contributed by atoms with Gasteiger partial charge < -0.3 is 14.3 Å². The number of aryl methyl sites for hydroxylation is 1. The number of nitrogens with zero attached hydrogens (tertiary/aromatic N) is 3. The summed E-state index contributed by atoms with van der Waals surface area (Å²) >= 11 is 1.60. The van der Waals surface area contributed by atoms with E-state index in [2.05, 4.69) is 39.3 Å². The molecule has 186 valence electrons. The fourth-order valence-electron chi connectivity index (χ4n) is 4.74. The van der Waals surface area contributed by atoms with E-state index < -0.39 is 0 Å². The van der Waals surface area contributed by atoms with Crippen molar-refractivity contribution in [2.75, 3.05) is 6.54 Å². The van der Waals surface area contributed by atoms with Crippen molar-refractivity contribution >= 4 is 17.2 Å². The summed E-state index contributed by atoms with van der Waals surface area (Å²) in [4.78, 5) is 22.6. The molecule has 4 heterocycles. The number of pyridine rings is 1. The second-order valence-corrected chi connectivity index (χ2v) is 10.1. The molecule has 0 saturated heterocycles. The van der Waals surface area contributed by atoms with Crippen LogP contribution in [0.3, 0.4) is 0 Å². The van der Waals surface area contributed by atoms with Crippen LogP contribution in [0, 0.1) is 6.92 Å². The van der Waals surface area contributed by atoms with Crippen LogP contribution in [0.4, 0.5) is 0 Å². The highest BCUT2D eigenvalue weighted by Crippen LogP contribution is 2.32. The maximum absolute atomic E-state index is 13.2. The van der Waals surface area contributed by atoms with Crippen LogP contribution in [0.2, 0.25) is 0 Å². The van der Waals surface area contributed by atoms with E-state index in [0.717, 1.165) is 64.8 Å². The molecule has 0 radical (unpaired) electrons. The molecule has 4 aromatic heterocycles. The lowest BCUT2D eigenvalue weighted by atomic mass is 9.97. The van der Waals surface area contributed by atoms with Crippen molar-refractivity contribution in [1.29, 1.82) is 0 Å². The Balaban J connectivity index is 1.42. The Morgan fingerprint density at radius 3 is 2.94 bits per heavy atom. The van der Waals surface area contributed by atoms with Gasteiger partial charge in [0.2, 0.25) is 0 Å². The lowest BCUT2D eigenvalue weighted by Gasteiger charge is -2.13. The van der Waals surface area contributed by atoms with E-state index in [1.54, 1.807) is 17.6 Å². The molecule has 1 amide bonds. The first-order chi connectivity index (χ1) is 17.6. The van der Waals surface area contributed by atoms with Gasteiger partial charge in [0, 0.05) is 35.1 Å². The fourth-order valence-corrected chi connectivity index (χ4v) is 5.55. The molecule has 0 spiro atoms. The topological polar surface area (TPSA) is 73.0 Å². The summed E-state index contributed by atoms with van der Waals surface area (Å²) < 4.78 is 7.76. The summed E-state index contributed by atoms with van der Waals surface area (Å²) in [5, 5.41) is 6.14. The number of allylic oxidation sites excluding steroid dienone is 1. The number of thiazole rings is 1. The second-order valence-electron chi connectivity index (χ2n) is 9.24. The lowest BCUT2D eigenvalue weighted by molar-refractivity contribution is 0.0953. The van der Waals surface area contributed by atoms with Crippen LogP contribution < -0.4 is 5.32 Å². The monoisotopic (exact) mass is 500 g/mol. The second kappa shape index (κ2) is 11.1. The molecule has 1 aliphatic carbocycles. The van der Waals surface area contributed by atoms with Gasteiger partial charge in [-0.15, -0.1) is 11.3 Å². The van der Waals surface area contributed by atoms with Crippen LogP contribution in [0.25, 0.3) is 22.0 Å². The van der Waals surface area contributed by atoms with Crippen molar-refractivity contribution in [3.8, 4) is 22.0 Å². The summed E-state index contributed by atoms with van der Waals surface area (Å²) in [5.74, 6) is 0.795. The molecule has 0 aromatic carbocycles. The van der Waals surface area contributed by atoms with Crippen molar-refractivity contribution in [2.45, 2.75) is 58.9 Å². The minimum absolute atomic E-state index is 0.0412. The number of amides is 1. The number of aromatic nitrogens is 3. The molecule has 0 bridgehead atoms. The Kier molecular flexibility index (Phi) is 7.47. The third-order valence-electron chi connectivity index (χ3n) is 6.81. The van der Waals surface area contributed by atoms with Gasteiger partial charge in [-0.2, -0.15) is 0 Å². The molecule has 0 atom stereocenters. The number of hydrogen-bond acceptors (Lipinski definition) is 5. The molecular formula is C29H32N4O2S. The highest BCUT2D eigenvalue weighted by Gasteiger charge is 2.21. The number of hydrogen-bond donors (Lipinski definition) is 1. The number of rotatable bonds is 9. The Hall–Kier alpha value is -3.45. The SMILES string of the molecule is CCc1cc(-c2nc(-c3cc(C(=O)NCCC4=CCCCC4)c(C)n3Cc3ccco3)cs2)ccn1. The standard InChI is InChI=1S/C29H32N4O2S/c1-3-23-16-22(12-14-30-23)29-32-26(19-36-29)27-17-25(20(2)33(27)18-24-10-7-15-35-24)28(34)31-13-11-21-8-5-4-6-9-21/h7-8,10,12,14-17,19H,3-6,9,11,13,18H2,1-2H3,(H,31,34). The summed E-state index contributed by atoms with van der Waals surface area (Å²) in [5.41, 5.74) is 6.93. The van der Waals surface area contributed by atoms with Gasteiger partial charge in [-0.1, -0.05) is 18.6 Å². The first kappa shape index (κ1) is 24.3. The van der Waals surface area contributed by atoms with Crippen molar-refractivity contribution in [3.05, 3.63) is 82.5 Å². The van der Waals surface area contributed by atoms with Crippen molar-refractivity contribution in [1.82, 2.24) is 19.9 Å². The molecule has 36 heavy (non-hydrogen) atoms. The van der Waals surface area contributed by atoms with E-state index in [-0.39, 0.29) is 5.91 Å². The van der Waals surface area contributed by atoms with Gasteiger partial charge in [-0.05, 0) is 75.8 Å². The molecule has 0 unspecified atom stereocenters. The van der Waals surface area contributed by atoms with E-state index in [4.69, 9.17) is 9.40 Å². The lowest BCUT2D eigenvalue weighted by Crippen LogP contribution is -2.25. The fraction of sp³-hybridized carbons (Fsp3) is 0.345. The smallest absolute Gasteiger partial charge is 0.253 e. The largest absolute Gasteiger partial charge is 0.467 e. The maximum atomic E-state index is 13.2. The maximum Gasteiger partial charge on any atom is 0.253 e. The van der Waals surface area contributed by atoms with Crippen LogP contribution in [-0.2, 0) is 13.0 Å². The van der Waals surface area contributed by atoms with Gasteiger partial charge >= 0.3 is 0 Å². The van der Waals surface area contributed by atoms with Gasteiger partial charge in [0.15, 0.2) is 0 Å². The molecule has 0 saturated carbocycles. The zero-order chi connectivity index (χ0) is 24.9. The summed E-state index contributed by atoms with van der Waals surface area (Å²) in [6.45, 7) is 5.29. The molecule has 4 aromatic rings. The Morgan fingerprint density at radius 2 is 2.17 bits per heavy atom. The Labute approximate surface area is 216 Å². The number of furan rings is 1. The number of nitrogens with one attached hydrogen (secondary N) is 1. The minimum Gasteiger partial charge on any atom is -0.467 e. The van der Waals surface area contributed by atoms with Crippen LogP contribution in [-0.4, -0.2) is 27.0 Å². The molecule has 0 fully saturated rings. The zero-order valence-electron chi connectivity index (χ0n) is 20.9. The quantitative estimate of drug-likeness (QED) is 0.256. The van der Waals surface area contributed by atoms with Crippen molar-refractivity contribution in [3.63, 3.8) is 0 Å². The minimum atomic E-state index is -0.0412. The van der Waals surface area contributed by atoms with Crippen molar-refractivity contribution < 1.29 is 9.21 Å². The van der Waals surface area contributed by atoms with Gasteiger partial charge in [0.05, 0.1) is 29.8 Å². The van der Waals surface area contributed by atoms with Crippen LogP contribution in [0.1, 0.15) is 66.5 Å². The predicted octanol–water partition coefficient (Wildman–Crippen LogP) is 6.81. The molecule has 0 aliphatic heterocycles. The third-order valence-corrected chi connectivity index (χ3v) is 7.71. The average molecular weight is 501 g/mol. The Morgan fingerprint density at radius 1 is 1.25 bits per heavy atom. The number of carbonyl (C=O) groups is 1. The average Bonchev–Trinajstić information content (AvgIpc) is 3.67. The van der Waals surface area contributed by atoms with Crippen LogP contribution in [0.15, 0.2) is 64.2 Å².